The fourth-order valence-electron chi connectivity index (χ4n) is 5.33. The Labute approximate surface area is 219 Å². The molecule has 0 unspecified atom stereocenters. The minimum absolute atomic E-state index is 0.129. The molecule has 6 rings (SSSR count). The number of imidazole rings is 1. The second kappa shape index (κ2) is 9.80. The zero-order valence-electron chi connectivity index (χ0n) is 21.6. The number of ether oxygens (including phenoxy) is 2. The Morgan fingerprint density at radius 1 is 1.21 bits per heavy atom. The van der Waals surface area contributed by atoms with E-state index in [-0.39, 0.29) is 17.8 Å². The Bertz CT molecular complexity index is 1510. The van der Waals surface area contributed by atoms with Gasteiger partial charge in [0.25, 0.3) is 5.91 Å². The van der Waals surface area contributed by atoms with Crippen LogP contribution >= 0.6 is 0 Å². The predicted octanol–water partition coefficient (Wildman–Crippen LogP) is 3.33. The summed E-state index contributed by atoms with van der Waals surface area (Å²) in [6.45, 7) is 8.82. The van der Waals surface area contributed by atoms with Gasteiger partial charge in [-0.15, -0.1) is 0 Å². The molecule has 0 spiro atoms. The summed E-state index contributed by atoms with van der Waals surface area (Å²) in [6, 6.07) is 5.76. The molecule has 0 aliphatic carbocycles. The molecule has 3 atom stereocenters. The summed E-state index contributed by atoms with van der Waals surface area (Å²) in [5.41, 5.74) is 2.98. The number of carbonyl (C=O) groups is 1. The molecule has 2 saturated heterocycles. The molecule has 2 N–H and O–H groups in total. The number of pyridine rings is 1. The molecular formula is C27H30FN7O3. The number of fused-ring (bicyclic) bond motifs is 2. The van der Waals surface area contributed by atoms with Gasteiger partial charge in [0.1, 0.15) is 6.10 Å². The molecular weight excluding hydrogens is 489 g/mol. The van der Waals surface area contributed by atoms with Gasteiger partial charge in [-0.3, -0.25) is 4.79 Å². The van der Waals surface area contributed by atoms with Crippen LogP contribution in [0.4, 0.5) is 15.8 Å². The number of nitrogens with one attached hydrogen (secondary N) is 2. The van der Waals surface area contributed by atoms with Gasteiger partial charge in [-0.2, -0.15) is 4.98 Å². The SMILES string of the molecule is Cc1cn2cc(NC(=O)c3ccc(N4C[C@@H](C)N[C@H](C)C4)c4cnc(O[C@@H]5CCOC5)nc34)cc(F)c2n1. The summed E-state index contributed by atoms with van der Waals surface area (Å²) in [5, 5.41) is 7.12. The largest absolute Gasteiger partial charge is 0.458 e. The van der Waals surface area contributed by atoms with Crippen LogP contribution in [-0.4, -0.2) is 69.8 Å². The molecule has 0 radical (unpaired) electrons. The normalized spacial score (nSPS) is 21.8. The molecule has 1 amide bonds. The van der Waals surface area contributed by atoms with Gasteiger partial charge in [0.2, 0.25) is 0 Å². The van der Waals surface area contributed by atoms with Crippen LogP contribution in [0.2, 0.25) is 0 Å². The standard InChI is InChI=1S/C27H30FN7O3/c1-15-10-34(11-16(2)30-15)23-5-4-20(24-21(23)9-29-27(33-24)38-19-6-7-37-14-19)26(36)32-18-8-22(28)25-31-17(3)12-35(25)13-18/h4-5,8-9,12-13,15-16,19,30H,6-7,10-11,14H2,1-3H3,(H,32,36)/t15-,16-,19-/m1/s1. The van der Waals surface area contributed by atoms with Crippen molar-refractivity contribution < 1.29 is 18.7 Å². The highest BCUT2D eigenvalue weighted by Gasteiger charge is 2.26. The lowest BCUT2D eigenvalue weighted by Crippen LogP contribution is -2.54. The number of aromatic nitrogens is 4. The molecule has 2 aliphatic rings. The van der Waals surface area contributed by atoms with Gasteiger partial charge in [-0.25, -0.2) is 14.4 Å². The van der Waals surface area contributed by atoms with Gasteiger partial charge in [0, 0.05) is 67.3 Å². The van der Waals surface area contributed by atoms with Crippen LogP contribution in [0.1, 0.15) is 36.3 Å². The van der Waals surface area contributed by atoms with Crippen molar-refractivity contribution in [3.8, 4) is 6.01 Å². The molecule has 0 bridgehead atoms. The van der Waals surface area contributed by atoms with Gasteiger partial charge in [0.15, 0.2) is 11.5 Å². The summed E-state index contributed by atoms with van der Waals surface area (Å²) in [7, 11) is 0. The third-order valence-electron chi connectivity index (χ3n) is 6.89. The second-order valence-electron chi connectivity index (χ2n) is 10.2. The summed E-state index contributed by atoms with van der Waals surface area (Å²) in [4.78, 5) is 29.1. The number of anilines is 2. The van der Waals surface area contributed by atoms with E-state index in [9.17, 15) is 9.18 Å². The zero-order chi connectivity index (χ0) is 26.4. The number of hydrogen-bond acceptors (Lipinski definition) is 8. The van der Waals surface area contributed by atoms with E-state index >= 15 is 0 Å². The number of rotatable bonds is 5. The first-order valence-electron chi connectivity index (χ1n) is 12.9. The van der Waals surface area contributed by atoms with Crippen LogP contribution in [0.15, 0.2) is 36.8 Å². The van der Waals surface area contributed by atoms with Crippen LogP contribution in [0, 0.1) is 12.7 Å². The monoisotopic (exact) mass is 519 g/mol. The van der Waals surface area contributed by atoms with Crippen molar-refractivity contribution in [1.82, 2.24) is 24.7 Å². The zero-order valence-corrected chi connectivity index (χ0v) is 21.6. The van der Waals surface area contributed by atoms with E-state index in [4.69, 9.17) is 9.47 Å². The van der Waals surface area contributed by atoms with Gasteiger partial charge >= 0.3 is 6.01 Å². The highest BCUT2D eigenvalue weighted by atomic mass is 19.1. The van der Waals surface area contributed by atoms with Crippen LogP contribution in [0.5, 0.6) is 6.01 Å². The van der Waals surface area contributed by atoms with Crippen molar-refractivity contribution in [2.45, 2.75) is 45.4 Å². The second-order valence-corrected chi connectivity index (χ2v) is 10.2. The van der Waals surface area contributed by atoms with E-state index in [1.807, 2.05) is 6.07 Å². The van der Waals surface area contributed by atoms with Crippen LogP contribution in [-0.2, 0) is 4.74 Å². The first-order valence-corrected chi connectivity index (χ1v) is 12.9. The molecule has 1 aromatic carbocycles. The Morgan fingerprint density at radius 2 is 2.03 bits per heavy atom. The van der Waals surface area contributed by atoms with Gasteiger partial charge in [0.05, 0.1) is 35.7 Å². The Hall–Kier alpha value is -3.83. The van der Waals surface area contributed by atoms with E-state index in [0.717, 1.165) is 30.6 Å². The molecule has 11 heteroatoms. The maximum atomic E-state index is 14.6. The number of piperazine rings is 1. The summed E-state index contributed by atoms with van der Waals surface area (Å²) in [6.07, 6.45) is 5.69. The van der Waals surface area contributed by atoms with Gasteiger partial charge in [-0.05, 0) is 32.9 Å². The molecule has 38 heavy (non-hydrogen) atoms. The lowest BCUT2D eigenvalue weighted by atomic mass is 10.0. The molecule has 2 aliphatic heterocycles. The molecule has 198 valence electrons. The van der Waals surface area contributed by atoms with Crippen molar-refractivity contribution in [1.29, 1.82) is 0 Å². The number of amides is 1. The van der Waals surface area contributed by atoms with E-state index in [2.05, 4.69) is 44.3 Å². The first-order chi connectivity index (χ1) is 18.3. The Kier molecular flexibility index (Phi) is 6.32. The molecule has 0 saturated carbocycles. The number of halogens is 1. The smallest absolute Gasteiger partial charge is 0.317 e. The molecule has 4 aromatic rings. The number of carbonyl (C=O) groups excluding carboxylic acids is 1. The molecule has 2 fully saturated rings. The fourth-order valence-corrected chi connectivity index (χ4v) is 5.33. The average molecular weight is 520 g/mol. The highest BCUT2D eigenvalue weighted by molar-refractivity contribution is 6.13. The van der Waals surface area contributed by atoms with Crippen molar-refractivity contribution >= 4 is 33.8 Å². The summed E-state index contributed by atoms with van der Waals surface area (Å²) < 4.78 is 27.6. The van der Waals surface area contributed by atoms with Gasteiger partial charge < -0.3 is 29.4 Å². The Balaban J connectivity index is 1.38. The maximum absolute atomic E-state index is 14.6. The Morgan fingerprint density at radius 3 is 2.79 bits per heavy atom. The number of hydrogen-bond donors (Lipinski definition) is 2. The third kappa shape index (κ3) is 4.74. The fraction of sp³-hybridized carbons (Fsp3) is 0.407. The lowest BCUT2D eigenvalue weighted by molar-refractivity contribution is 0.102. The minimum Gasteiger partial charge on any atom is -0.458 e. The van der Waals surface area contributed by atoms with E-state index in [1.165, 1.54) is 6.07 Å². The van der Waals surface area contributed by atoms with Gasteiger partial charge in [-0.1, -0.05) is 0 Å². The predicted molar refractivity (Wildman–Crippen MR) is 142 cm³/mol. The van der Waals surface area contributed by atoms with E-state index in [0.29, 0.717) is 47.8 Å². The van der Waals surface area contributed by atoms with Crippen LogP contribution in [0.3, 0.4) is 0 Å². The van der Waals surface area contributed by atoms with E-state index in [1.54, 1.807) is 36.0 Å². The van der Waals surface area contributed by atoms with Crippen LogP contribution < -0.4 is 20.3 Å². The lowest BCUT2D eigenvalue weighted by Gasteiger charge is -2.38. The molecule has 10 nitrogen and oxygen atoms in total. The first kappa shape index (κ1) is 24.5. The summed E-state index contributed by atoms with van der Waals surface area (Å²) >= 11 is 0. The summed E-state index contributed by atoms with van der Waals surface area (Å²) in [5.74, 6) is -0.928. The topological polar surface area (TPSA) is 106 Å². The maximum Gasteiger partial charge on any atom is 0.317 e. The van der Waals surface area contributed by atoms with Crippen LogP contribution in [0.25, 0.3) is 16.6 Å². The van der Waals surface area contributed by atoms with Crippen molar-refractivity contribution in [2.24, 2.45) is 0 Å². The highest BCUT2D eigenvalue weighted by Crippen LogP contribution is 2.31. The number of benzene rings is 1. The molecule has 5 heterocycles. The molecule has 3 aromatic heterocycles. The quantitative estimate of drug-likeness (QED) is 0.414. The average Bonchev–Trinajstić information content (AvgIpc) is 3.51. The van der Waals surface area contributed by atoms with Crippen molar-refractivity contribution in [3.05, 3.63) is 53.9 Å². The number of aryl methyl sites for hydroxylation is 1. The third-order valence-corrected chi connectivity index (χ3v) is 6.89. The van der Waals surface area contributed by atoms with E-state index < -0.39 is 11.7 Å². The minimum atomic E-state index is -0.519. The van der Waals surface area contributed by atoms with Crippen molar-refractivity contribution in [3.63, 3.8) is 0 Å². The van der Waals surface area contributed by atoms with Crippen molar-refractivity contribution in [2.75, 3.05) is 36.5 Å². The number of nitrogens with zero attached hydrogens (tertiary/aromatic N) is 5.